The van der Waals surface area contributed by atoms with E-state index in [2.05, 4.69) is 9.84 Å². The molecule has 0 bridgehead atoms. The van der Waals surface area contributed by atoms with Gasteiger partial charge in [0, 0.05) is 12.7 Å². The molecule has 0 saturated carbocycles. The van der Waals surface area contributed by atoms with E-state index in [4.69, 9.17) is 5.73 Å². The quantitative estimate of drug-likeness (QED) is 0.560. The van der Waals surface area contributed by atoms with Crippen LogP contribution in [-0.4, -0.2) is 22.5 Å². The lowest BCUT2D eigenvalue weighted by Crippen LogP contribution is -2.13. The van der Waals surface area contributed by atoms with Gasteiger partial charge in [-0.1, -0.05) is 6.42 Å². The average molecular weight is 405 g/mol. The lowest BCUT2D eigenvalue weighted by Gasteiger charge is -2.04. The summed E-state index contributed by atoms with van der Waals surface area (Å²) >= 11 is 1.63. The smallest absolute Gasteiger partial charge is 0.436 e. The molecule has 5 nitrogen and oxygen atoms in total. The van der Waals surface area contributed by atoms with Crippen LogP contribution >= 0.6 is 22.6 Å². The highest BCUT2D eigenvalue weighted by Crippen LogP contribution is 2.31. The van der Waals surface area contributed by atoms with Crippen LogP contribution in [0.5, 0.6) is 0 Å². The summed E-state index contributed by atoms with van der Waals surface area (Å²) in [6.07, 6.45) is -0.778. The molecule has 1 aromatic rings. The second-order valence-electron chi connectivity index (χ2n) is 4.17. The van der Waals surface area contributed by atoms with E-state index in [1.54, 1.807) is 22.6 Å². The molecule has 1 aromatic heterocycles. The maximum Gasteiger partial charge on any atom is 0.436 e. The first-order valence-electron chi connectivity index (χ1n) is 6.03. The second-order valence-corrected chi connectivity index (χ2v) is 5.33. The monoisotopic (exact) mass is 405 g/mol. The van der Waals surface area contributed by atoms with Crippen LogP contribution in [0.2, 0.25) is 0 Å². The molecule has 1 heterocycles. The van der Waals surface area contributed by atoms with Crippen LogP contribution in [0.4, 0.5) is 18.0 Å². The predicted octanol–water partition coefficient (Wildman–Crippen LogP) is 3.16. The Kier molecular flexibility index (Phi) is 6.56. The molecule has 114 valence electrons. The van der Waals surface area contributed by atoms with Gasteiger partial charge >= 0.3 is 12.3 Å². The van der Waals surface area contributed by atoms with Gasteiger partial charge in [-0.25, -0.2) is 4.79 Å². The van der Waals surface area contributed by atoms with E-state index >= 15 is 0 Å². The Morgan fingerprint density at radius 1 is 1.35 bits per heavy atom. The van der Waals surface area contributed by atoms with E-state index in [9.17, 15) is 18.0 Å². The number of primary amides is 1. The fourth-order valence-electron chi connectivity index (χ4n) is 1.61. The molecule has 0 aliphatic heterocycles. The number of hydrogen-bond acceptors (Lipinski definition) is 3. The van der Waals surface area contributed by atoms with Crippen molar-refractivity contribution in [3.05, 3.63) is 15.5 Å². The summed E-state index contributed by atoms with van der Waals surface area (Å²) in [5, 5.41) is 3.54. The summed E-state index contributed by atoms with van der Waals surface area (Å²) in [6, 6.07) is 0. The zero-order valence-electron chi connectivity index (χ0n) is 10.6. The summed E-state index contributed by atoms with van der Waals surface area (Å²) in [7, 11) is 0. The Bertz CT molecular complexity index is 449. The van der Waals surface area contributed by atoms with E-state index < -0.39 is 18.0 Å². The Hall–Kier alpha value is -1.00. The van der Waals surface area contributed by atoms with Crippen molar-refractivity contribution >= 4 is 28.7 Å². The van der Waals surface area contributed by atoms with Crippen molar-refractivity contribution in [3.8, 4) is 0 Å². The number of rotatable bonds is 7. The van der Waals surface area contributed by atoms with Gasteiger partial charge in [0.25, 0.3) is 0 Å². The molecule has 0 aliphatic carbocycles. The second kappa shape index (κ2) is 7.70. The molecule has 0 spiro atoms. The van der Waals surface area contributed by atoms with Crippen LogP contribution in [0.1, 0.15) is 31.4 Å². The zero-order chi connectivity index (χ0) is 15.2. The first-order chi connectivity index (χ1) is 9.30. The predicted molar refractivity (Wildman–Crippen MR) is 73.9 cm³/mol. The first kappa shape index (κ1) is 17.1. The number of unbranched alkanes of at least 4 members (excludes halogenated alkanes) is 3. The highest BCUT2D eigenvalue weighted by atomic mass is 127. The van der Waals surface area contributed by atoms with Gasteiger partial charge in [0.2, 0.25) is 0 Å². The van der Waals surface area contributed by atoms with Crippen molar-refractivity contribution in [2.75, 3.05) is 6.61 Å². The highest BCUT2D eigenvalue weighted by Gasteiger charge is 2.36. The maximum absolute atomic E-state index is 12.5. The van der Waals surface area contributed by atoms with Gasteiger partial charge in [-0.05, 0) is 41.9 Å². The van der Waals surface area contributed by atoms with Crippen molar-refractivity contribution in [2.45, 2.75) is 38.4 Å². The van der Waals surface area contributed by atoms with Gasteiger partial charge in [0.05, 0.1) is 10.2 Å². The van der Waals surface area contributed by atoms with Crippen LogP contribution in [0.3, 0.4) is 0 Å². The van der Waals surface area contributed by atoms with Crippen LogP contribution in [0.15, 0.2) is 6.20 Å². The Labute approximate surface area is 127 Å². The highest BCUT2D eigenvalue weighted by molar-refractivity contribution is 14.1. The number of aryl methyl sites for hydroxylation is 1. The number of carbonyl (C=O) groups excluding carboxylic acids is 1. The van der Waals surface area contributed by atoms with Crippen LogP contribution in [0.25, 0.3) is 0 Å². The minimum Gasteiger partial charge on any atom is -0.450 e. The number of hydrogen-bond donors (Lipinski definition) is 1. The van der Waals surface area contributed by atoms with Crippen LogP contribution in [-0.2, 0) is 17.5 Å². The molecule has 0 unspecified atom stereocenters. The van der Waals surface area contributed by atoms with Crippen molar-refractivity contribution < 1.29 is 22.7 Å². The molecule has 0 aromatic carbocycles. The summed E-state index contributed by atoms with van der Waals surface area (Å²) in [5.74, 6) is 0. The molecule has 2 N–H and O–H groups in total. The Morgan fingerprint density at radius 3 is 2.55 bits per heavy atom. The minimum atomic E-state index is -4.41. The molecule has 0 radical (unpaired) electrons. The number of alkyl halides is 3. The molecule has 1 rings (SSSR count). The van der Waals surface area contributed by atoms with Gasteiger partial charge in [0.1, 0.15) is 0 Å². The van der Waals surface area contributed by atoms with Crippen molar-refractivity contribution in [1.29, 1.82) is 0 Å². The maximum atomic E-state index is 12.5. The van der Waals surface area contributed by atoms with Gasteiger partial charge in [-0.2, -0.15) is 18.3 Å². The lowest BCUT2D eigenvalue weighted by atomic mass is 10.2. The zero-order valence-corrected chi connectivity index (χ0v) is 12.8. The first-order valence-corrected chi connectivity index (χ1v) is 7.11. The normalized spacial score (nSPS) is 11.6. The number of ether oxygens (including phenoxy) is 1. The van der Waals surface area contributed by atoms with E-state index in [0.29, 0.717) is 19.4 Å². The molecule has 9 heteroatoms. The van der Waals surface area contributed by atoms with Gasteiger partial charge in [-0.15, -0.1) is 0 Å². The SMILES string of the molecule is NC(=O)OCCCCCCn1cc(I)c(C(F)(F)F)n1. The number of nitrogens with two attached hydrogens (primary N) is 1. The molecular formula is C11H15F3IN3O2. The average Bonchev–Trinajstić information content (AvgIpc) is 2.68. The Morgan fingerprint density at radius 2 is 2.00 bits per heavy atom. The third-order valence-corrected chi connectivity index (χ3v) is 3.30. The van der Waals surface area contributed by atoms with Crippen LogP contribution < -0.4 is 5.73 Å². The number of amides is 1. The van der Waals surface area contributed by atoms with E-state index in [0.717, 1.165) is 12.8 Å². The van der Waals surface area contributed by atoms with E-state index in [1.165, 1.54) is 10.9 Å². The van der Waals surface area contributed by atoms with Crippen molar-refractivity contribution in [3.63, 3.8) is 0 Å². The summed E-state index contributed by atoms with van der Waals surface area (Å²) in [4.78, 5) is 10.3. The molecule has 20 heavy (non-hydrogen) atoms. The van der Waals surface area contributed by atoms with Gasteiger partial charge < -0.3 is 10.5 Å². The molecule has 1 amide bonds. The number of aromatic nitrogens is 2. The molecule has 0 fully saturated rings. The summed E-state index contributed by atoms with van der Waals surface area (Å²) in [5.41, 5.74) is 3.96. The molecular weight excluding hydrogens is 390 g/mol. The molecule has 0 saturated heterocycles. The van der Waals surface area contributed by atoms with Crippen molar-refractivity contribution in [2.24, 2.45) is 5.73 Å². The van der Waals surface area contributed by atoms with Crippen molar-refractivity contribution in [1.82, 2.24) is 9.78 Å². The van der Waals surface area contributed by atoms with Gasteiger partial charge in [0.15, 0.2) is 5.69 Å². The minimum absolute atomic E-state index is 0.102. The number of carbonyl (C=O) groups is 1. The fraction of sp³-hybridized carbons (Fsp3) is 0.636. The lowest BCUT2D eigenvalue weighted by molar-refractivity contribution is -0.142. The largest absolute Gasteiger partial charge is 0.450 e. The number of halogens is 4. The standard InChI is InChI=1S/C11H15F3IN3O2/c12-11(13,14)9-8(15)7-18(17-9)5-3-1-2-4-6-20-10(16)19/h7H,1-6H2,(H2,16,19). The topological polar surface area (TPSA) is 70.1 Å². The molecule has 0 aliphatic rings. The van der Waals surface area contributed by atoms with E-state index in [1.807, 2.05) is 0 Å². The van der Waals surface area contributed by atoms with Crippen LogP contribution in [0, 0.1) is 3.57 Å². The fourth-order valence-corrected chi connectivity index (χ4v) is 2.34. The van der Waals surface area contributed by atoms with E-state index in [-0.39, 0.29) is 10.2 Å². The Balaban J connectivity index is 2.24. The molecule has 0 atom stereocenters. The third kappa shape index (κ3) is 5.97. The van der Waals surface area contributed by atoms with Gasteiger partial charge in [-0.3, -0.25) is 4.68 Å². The number of nitrogens with zero attached hydrogens (tertiary/aromatic N) is 2. The third-order valence-electron chi connectivity index (χ3n) is 2.51. The summed E-state index contributed by atoms with van der Waals surface area (Å²) < 4.78 is 43.5. The summed E-state index contributed by atoms with van der Waals surface area (Å²) in [6.45, 7) is 0.704.